The number of hydrogen-bond donors (Lipinski definition) is 0. The van der Waals surface area contributed by atoms with Crippen molar-refractivity contribution in [3.8, 4) is 0 Å². The molecule has 30 heavy (non-hydrogen) atoms. The molecule has 3 heteroatoms. The van der Waals surface area contributed by atoms with Gasteiger partial charge in [0.25, 0.3) is 0 Å². The minimum absolute atomic E-state index is 0.714. The zero-order chi connectivity index (χ0) is 20.9. The third-order valence-corrected chi connectivity index (χ3v) is 5.37. The minimum atomic E-state index is 0.714. The van der Waals surface area contributed by atoms with Crippen molar-refractivity contribution in [2.45, 2.75) is 6.92 Å². The number of benzene rings is 4. The van der Waals surface area contributed by atoms with Gasteiger partial charge in [-0.15, -0.1) is 0 Å². The predicted octanol–water partition coefficient (Wildman–Crippen LogP) is 8.94. The molecule has 0 aromatic heterocycles. The molecule has 4 aromatic rings. The van der Waals surface area contributed by atoms with Gasteiger partial charge in [0.05, 0.1) is 0 Å². The van der Waals surface area contributed by atoms with Crippen molar-refractivity contribution >= 4 is 52.4 Å². The lowest BCUT2D eigenvalue weighted by Gasteiger charge is -2.25. The molecule has 0 amide bonds. The van der Waals surface area contributed by atoms with Crippen molar-refractivity contribution in [1.29, 1.82) is 0 Å². The van der Waals surface area contributed by atoms with Crippen LogP contribution >= 0.6 is 23.2 Å². The van der Waals surface area contributed by atoms with Gasteiger partial charge in [-0.25, -0.2) is 0 Å². The van der Waals surface area contributed by atoms with Crippen LogP contribution in [0.25, 0.3) is 12.2 Å². The molecule has 148 valence electrons. The van der Waals surface area contributed by atoms with E-state index in [4.69, 9.17) is 23.2 Å². The van der Waals surface area contributed by atoms with Crippen LogP contribution < -0.4 is 4.90 Å². The van der Waals surface area contributed by atoms with E-state index in [-0.39, 0.29) is 0 Å². The van der Waals surface area contributed by atoms with Gasteiger partial charge in [0, 0.05) is 27.1 Å². The van der Waals surface area contributed by atoms with Crippen LogP contribution in [-0.2, 0) is 0 Å². The van der Waals surface area contributed by atoms with Crippen LogP contribution in [0.1, 0.15) is 16.7 Å². The maximum absolute atomic E-state index is 6.10. The van der Waals surface area contributed by atoms with Crippen molar-refractivity contribution in [3.63, 3.8) is 0 Å². The molecule has 0 bridgehead atoms. The lowest BCUT2D eigenvalue weighted by atomic mass is 10.1. The first-order valence-electron chi connectivity index (χ1n) is 9.74. The normalized spacial score (nSPS) is 11.0. The van der Waals surface area contributed by atoms with Gasteiger partial charge in [-0.05, 0) is 78.7 Å². The summed E-state index contributed by atoms with van der Waals surface area (Å²) in [5, 5.41) is 1.43. The topological polar surface area (TPSA) is 3.24 Å². The summed E-state index contributed by atoms with van der Waals surface area (Å²) in [6.45, 7) is 2.10. The zero-order valence-electron chi connectivity index (χ0n) is 16.6. The fourth-order valence-corrected chi connectivity index (χ4v) is 3.48. The Balaban J connectivity index is 1.64. The SMILES string of the molecule is Cc1ccc(C=Cc2ccc(N(c3ccc(Cl)cc3)c3ccc(Cl)cc3)cc2)cc1. The maximum Gasteiger partial charge on any atom is 0.0462 e. The molecular weight excluding hydrogens is 409 g/mol. The highest BCUT2D eigenvalue weighted by molar-refractivity contribution is 6.31. The highest BCUT2D eigenvalue weighted by Crippen LogP contribution is 2.35. The van der Waals surface area contributed by atoms with Crippen LogP contribution in [0.4, 0.5) is 17.1 Å². The Morgan fingerprint density at radius 2 is 0.833 bits per heavy atom. The first-order chi connectivity index (χ1) is 14.6. The molecular formula is C27H21Cl2N. The Morgan fingerprint density at radius 1 is 0.500 bits per heavy atom. The number of anilines is 3. The number of hydrogen-bond acceptors (Lipinski definition) is 1. The van der Waals surface area contributed by atoms with E-state index in [1.807, 2.05) is 48.5 Å². The van der Waals surface area contributed by atoms with E-state index in [1.54, 1.807) is 0 Å². The highest BCUT2D eigenvalue weighted by Gasteiger charge is 2.12. The lowest BCUT2D eigenvalue weighted by molar-refractivity contribution is 1.28. The van der Waals surface area contributed by atoms with Gasteiger partial charge >= 0.3 is 0 Å². The fraction of sp³-hybridized carbons (Fsp3) is 0.0370. The Hall–Kier alpha value is -3.00. The molecule has 1 nitrogen and oxygen atoms in total. The van der Waals surface area contributed by atoms with E-state index in [1.165, 1.54) is 11.1 Å². The van der Waals surface area contributed by atoms with Gasteiger partial charge in [0.2, 0.25) is 0 Å². The number of halogens is 2. The van der Waals surface area contributed by atoms with Crippen LogP contribution in [0.5, 0.6) is 0 Å². The maximum atomic E-state index is 6.10. The second-order valence-corrected chi connectivity index (χ2v) is 8.00. The van der Waals surface area contributed by atoms with Crippen LogP contribution in [-0.4, -0.2) is 0 Å². The van der Waals surface area contributed by atoms with Crippen molar-refractivity contribution in [2.75, 3.05) is 4.90 Å². The average Bonchev–Trinajstić information content (AvgIpc) is 2.77. The van der Waals surface area contributed by atoms with Crippen LogP contribution in [0.2, 0.25) is 10.0 Å². The molecule has 0 saturated carbocycles. The van der Waals surface area contributed by atoms with Crippen molar-refractivity contribution < 1.29 is 0 Å². The predicted molar refractivity (Wildman–Crippen MR) is 131 cm³/mol. The average molecular weight is 430 g/mol. The molecule has 0 saturated heterocycles. The summed E-state index contributed by atoms with van der Waals surface area (Å²) in [6, 6.07) is 32.7. The Bertz CT molecular complexity index is 1080. The summed E-state index contributed by atoms with van der Waals surface area (Å²) in [7, 11) is 0. The summed E-state index contributed by atoms with van der Waals surface area (Å²) in [5.74, 6) is 0. The Labute approximate surface area is 187 Å². The molecule has 0 unspecified atom stereocenters. The smallest absolute Gasteiger partial charge is 0.0462 e. The van der Waals surface area contributed by atoms with Gasteiger partial charge < -0.3 is 4.90 Å². The molecule has 0 aliphatic heterocycles. The van der Waals surface area contributed by atoms with Crippen molar-refractivity contribution in [2.24, 2.45) is 0 Å². The third-order valence-electron chi connectivity index (χ3n) is 4.87. The highest BCUT2D eigenvalue weighted by atomic mass is 35.5. The molecule has 4 aromatic carbocycles. The second-order valence-electron chi connectivity index (χ2n) is 7.12. The van der Waals surface area contributed by atoms with Gasteiger partial charge in [-0.1, -0.05) is 77.3 Å². The summed E-state index contributed by atoms with van der Waals surface area (Å²) >= 11 is 12.2. The van der Waals surface area contributed by atoms with Crippen LogP contribution in [0.3, 0.4) is 0 Å². The molecule has 0 heterocycles. The van der Waals surface area contributed by atoms with Gasteiger partial charge in [-0.3, -0.25) is 0 Å². The molecule has 0 spiro atoms. The monoisotopic (exact) mass is 429 g/mol. The van der Waals surface area contributed by atoms with Gasteiger partial charge in [0.15, 0.2) is 0 Å². The summed E-state index contributed by atoms with van der Waals surface area (Å²) in [6.07, 6.45) is 4.26. The molecule has 0 aliphatic rings. The number of aryl methyl sites for hydroxylation is 1. The molecule has 0 N–H and O–H groups in total. The van der Waals surface area contributed by atoms with Crippen molar-refractivity contribution in [3.05, 3.63) is 124 Å². The summed E-state index contributed by atoms with van der Waals surface area (Å²) < 4.78 is 0. The second kappa shape index (κ2) is 9.21. The van der Waals surface area contributed by atoms with Crippen LogP contribution in [0, 0.1) is 6.92 Å². The number of rotatable bonds is 5. The van der Waals surface area contributed by atoms with Crippen molar-refractivity contribution in [1.82, 2.24) is 0 Å². The van der Waals surface area contributed by atoms with E-state index >= 15 is 0 Å². The quantitative estimate of drug-likeness (QED) is 0.286. The Morgan fingerprint density at radius 3 is 1.23 bits per heavy atom. The lowest BCUT2D eigenvalue weighted by Crippen LogP contribution is -2.09. The first-order valence-corrected chi connectivity index (χ1v) is 10.5. The number of nitrogens with zero attached hydrogens (tertiary/aromatic N) is 1. The molecule has 4 rings (SSSR count). The van der Waals surface area contributed by atoms with E-state index in [0.717, 1.165) is 22.6 Å². The molecule has 0 fully saturated rings. The van der Waals surface area contributed by atoms with E-state index in [9.17, 15) is 0 Å². The first kappa shape index (κ1) is 20.3. The largest absolute Gasteiger partial charge is 0.311 e. The van der Waals surface area contributed by atoms with Gasteiger partial charge in [0.1, 0.15) is 0 Å². The summed E-state index contributed by atoms with van der Waals surface area (Å²) in [4.78, 5) is 2.18. The van der Waals surface area contributed by atoms with Crippen LogP contribution in [0.15, 0.2) is 97.1 Å². The van der Waals surface area contributed by atoms with Gasteiger partial charge in [-0.2, -0.15) is 0 Å². The minimum Gasteiger partial charge on any atom is -0.311 e. The van der Waals surface area contributed by atoms with E-state index in [0.29, 0.717) is 10.0 Å². The molecule has 0 aliphatic carbocycles. The van der Waals surface area contributed by atoms with E-state index < -0.39 is 0 Å². The fourth-order valence-electron chi connectivity index (χ4n) is 3.23. The molecule has 0 atom stereocenters. The molecule has 0 radical (unpaired) electrons. The third kappa shape index (κ3) is 4.94. The Kier molecular flexibility index (Phi) is 6.23. The summed E-state index contributed by atoms with van der Waals surface area (Å²) in [5.41, 5.74) is 6.72. The zero-order valence-corrected chi connectivity index (χ0v) is 18.1. The van der Waals surface area contributed by atoms with E-state index in [2.05, 4.69) is 72.5 Å². The standard InChI is InChI=1S/C27H21Cl2N/c1-20-2-4-21(5-3-20)6-7-22-8-14-25(15-9-22)30(26-16-10-23(28)11-17-26)27-18-12-24(29)13-19-27/h2-19H,1H3.